The lowest BCUT2D eigenvalue weighted by Crippen LogP contribution is -2.51. The van der Waals surface area contributed by atoms with Crippen LogP contribution in [0.15, 0.2) is 22.5 Å². The number of aromatic nitrogens is 2. The Morgan fingerprint density at radius 3 is 2.92 bits per heavy atom. The van der Waals surface area contributed by atoms with Crippen LogP contribution in [0.2, 0.25) is 0 Å². The maximum atomic E-state index is 12.4. The summed E-state index contributed by atoms with van der Waals surface area (Å²) in [6.07, 6.45) is 2.49. The van der Waals surface area contributed by atoms with Gasteiger partial charge in [-0.05, 0) is 40.2 Å². The number of nitrogens with zero attached hydrogens (tertiary/aromatic N) is 2. The highest BCUT2D eigenvalue weighted by molar-refractivity contribution is 5.76. The van der Waals surface area contributed by atoms with E-state index >= 15 is 0 Å². The van der Waals surface area contributed by atoms with Gasteiger partial charge in [-0.2, -0.15) is 4.98 Å². The minimum atomic E-state index is -0.406. The van der Waals surface area contributed by atoms with Gasteiger partial charge < -0.3 is 14.8 Å². The number of rotatable bonds is 6. The Balaban J connectivity index is 1.98. The number of carbonyl (C=O) groups is 1. The molecule has 0 spiro atoms. The molecule has 0 saturated carbocycles. The summed E-state index contributed by atoms with van der Waals surface area (Å²) in [4.78, 5) is 28.3. The van der Waals surface area contributed by atoms with Crippen molar-refractivity contribution in [3.63, 3.8) is 0 Å². The third kappa shape index (κ3) is 5.79. The average Bonchev–Trinajstić information content (AvgIpc) is 2.52. The van der Waals surface area contributed by atoms with Crippen molar-refractivity contribution in [3.05, 3.63) is 39.6 Å². The summed E-state index contributed by atoms with van der Waals surface area (Å²) in [6.45, 7) is 9.05. The van der Waals surface area contributed by atoms with E-state index in [0.717, 1.165) is 5.69 Å². The van der Waals surface area contributed by atoms with Gasteiger partial charge in [0.2, 0.25) is 5.91 Å². The minimum Gasteiger partial charge on any atom is -0.379 e. The molecule has 1 aromatic rings. The molecule has 2 rings (SSSR count). The summed E-state index contributed by atoms with van der Waals surface area (Å²) in [5.41, 5.74) is 2.14. The predicted molar refractivity (Wildman–Crippen MR) is 94.5 cm³/mol. The highest BCUT2D eigenvalue weighted by Crippen LogP contribution is 2.12. The summed E-state index contributed by atoms with van der Waals surface area (Å²) in [5.74, 6) is -0.224. The Morgan fingerprint density at radius 1 is 1.48 bits per heavy atom. The number of amides is 1. The molecular formula is C18H27N3O4. The molecule has 2 atom stereocenters. The maximum Gasteiger partial charge on any atom is 0.348 e. The lowest BCUT2D eigenvalue weighted by atomic mass is 10.1. The van der Waals surface area contributed by atoms with Gasteiger partial charge in [-0.1, -0.05) is 11.6 Å². The number of hydrogen-bond acceptors (Lipinski definition) is 5. The molecule has 1 aromatic heterocycles. The fraction of sp³-hybridized carbons (Fsp3) is 0.611. The van der Waals surface area contributed by atoms with Gasteiger partial charge in [-0.15, -0.1) is 0 Å². The Kier molecular flexibility index (Phi) is 6.90. The van der Waals surface area contributed by atoms with E-state index in [-0.39, 0.29) is 24.6 Å². The largest absolute Gasteiger partial charge is 0.379 e. The molecule has 7 heteroatoms. The van der Waals surface area contributed by atoms with Crippen LogP contribution in [0.5, 0.6) is 0 Å². The third-order valence-electron chi connectivity index (χ3n) is 4.10. The van der Waals surface area contributed by atoms with Gasteiger partial charge in [-0.3, -0.25) is 9.36 Å². The van der Waals surface area contributed by atoms with Gasteiger partial charge in [-0.25, -0.2) is 4.79 Å². The molecule has 0 unspecified atom stereocenters. The first-order valence-electron chi connectivity index (χ1n) is 8.54. The molecule has 138 valence electrons. The van der Waals surface area contributed by atoms with E-state index in [1.54, 1.807) is 19.9 Å². The molecule has 1 aliphatic heterocycles. The van der Waals surface area contributed by atoms with Crippen LogP contribution in [-0.4, -0.2) is 47.4 Å². The second-order valence-corrected chi connectivity index (χ2v) is 6.60. The topological polar surface area (TPSA) is 82.4 Å². The number of hydrogen-bond donors (Lipinski definition) is 1. The monoisotopic (exact) mass is 349 g/mol. The summed E-state index contributed by atoms with van der Waals surface area (Å²) >= 11 is 0. The van der Waals surface area contributed by atoms with Crippen LogP contribution in [0, 0.1) is 13.8 Å². The van der Waals surface area contributed by atoms with E-state index in [9.17, 15) is 9.59 Å². The Morgan fingerprint density at radius 2 is 2.24 bits per heavy atom. The highest BCUT2D eigenvalue weighted by Gasteiger charge is 2.28. The summed E-state index contributed by atoms with van der Waals surface area (Å²) in [6, 6.07) is 1.66. The molecular weight excluding hydrogens is 322 g/mol. The molecule has 1 saturated heterocycles. The lowest BCUT2D eigenvalue weighted by Gasteiger charge is -2.32. The van der Waals surface area contributed by atoms with Crippen LogP contribution >= 0.6 is 0 Å². The zero-order valence-electron chi connectivity index (χ0n) is 15.4. The van der Waals surface area contributed by atoms with E-state index in [1.807, 2.05) is 19.9 Å². The van der Waals surface area contributed by atoms with Crippen molar-refractivity contribution in [2.45, 2.75) is 52.8 Å². The fourth-order valence-corrected chi connectivity index (χ4v) is 2.74. The van der Waals surface area contributed by atoms with Crippen molar-refractivity contribution in [1.82, 2.24) is 14.9 Å². The maximum absolute atomic E-state index is 12.4. The van der Waals surface area contributed by atoms with E-state index in [0.29, 0.717) is 31.9 Å². The zero-order chi connectivity index (χ0) is 18.4. The Bertz CT molecular complexity index is 692. The molecule has 7 nitrogen and oxygen atoms in total. The quantitative estimate of drug-likeness (QED) is 0.778. The number of nitrogens with one attached hydrogen (secondary N) is 1. The van der Waals surface area contributed by atoms with Crippen LogP contribution in [0.25, 0.3) is 0 Å². The van der Waals surface area contributed by atoms with E-state index in [1.165, 1.54) is 10.1 Å². The molecule has 25 heavy (non-hydrogen) atoms. The first-order valence-corrected chi connectivity index (χ1v) is 8.54. The molecule has 1 aliphatic rings. The van der Waals surface area contributed by atoms with E-state index in [2.05, 4.69) is 10.3 Å². The first-order chi connectivity index (χ1) is 11.9. The van der Waals surface area contributed by atoms with Gasteiger partial charge in [0, 0.05) is 18.0 Å². The number of aryl methyl sites for hydroxylation is 2. The van der Waals surface area contributed by atoms with Crippen molar-refractivity contribution in [2.24, 2.45) is 0 Å². The molecule has 1 N–H and O–H groups in total. The molecule has 1 fully saturated rings. The predicted octanol–water partition coefficient (Wildman–Crippen LogP) is 1.12. The molecule has 0 bridgehead atoms. The van der Waals surface area contributed by atoms with E-state index in [4.69, 9.17) is 9.47 Å². The summed E-state index contributed by atoms with van der Waals surface area (Å²) in [7, 11) is 0. The van der Waals surface area contributed by atoms with Gasteiger partial charge in [0.25, 0.3) is 0 Å². The van der Waals surface area contributed by atoms with Gasteiger partial charge in [0.15, 0.2) is 0 Å². The van der Waals surface area contributed by atoms with Crippen molar-refractivity contribution in [2.75, 3.05) is 19.8 Å². The standard InChI is InChI=1S/C18H27N3O4/c1-12(2)5-8-25-16-11-24-7-6-15(16)20-17(22)10-21-14(4)9-13(3)19-18(21)23/h5,9,15-16H,6-8,10-11H2,1-4H3,(H,20,22)/t15-,16-/m1/s1. The third-order valence-corrected chi connectivity index (χ3v) is 4.10. The number of carbonyl (C=O) groups excluding carboxylic acids is 1. The SMILES string of the molecule is CC(C)=CCO[C@@H]1COCC[C@H]1NC(=O)Cn1c(C)cc(C)nc1=O. The lowest BCUT2D eigenvalue weighted by molar-refractivity contribution is -0.126. The van der Waals surface area contributed by atoms with Crippen LogP contribution in [0.1, 0.15) is 31.7 Å². The van der Waals surface area contributed by atoms with Gasteiger partial charge in [0.05, 0.1) is 19.3 Å². The average molecular weight is 349 g/mol. The number of allylic oxidation sites excluding steroid dienone is 1. The Hall–Kier alpha value is -1.99. The summed E-state index contributed by atoms with van der Waals surface area (Å²) in [5, 5.41) is 2.97. The van der Waals surface area contributed by atoms with E-state index < -0.39 is 5.69 Å². The normalized spacial score (nSPS) is 20.2. The second kappa shape index (κ2) is 8.92. The van der Waals surface area contributed by atoms with Crippen molar-refractivity contribution in [1.29, 1.82) is 0 Å². The summed E-state index contributed by atoms with van der Waals surface area (Å²) < 4.78 is 12.7. The molecule has 0 radical (unpaired) electrons. The smallest absolute Gasteiger partial charge is 0.348 e. The van der Waals surface area contributed by atoms with Gasteiger partial charge >= 0.3 is 5.69 Å². The van der Waals surface area contributed by atoms with Crippen molar-refractivity contribution >= 4 is 5.91 Å². The molecule has 2 heterocycles. The molecule has 0 aromatic carbocycles. The fourth-order valence-electron chi connectivity index (χ4n) is 2.74. The highest BCUT2D eigenvalue weighted by atomic mass is 16.5. The number of ether oxygens (including phenoxy) is 2. The van der Waals surface area contributed by atoms with Gasteiger partial charge in [0.1, 0.15) is 12.6 Å². The molecule has 0 aliphatic carbocycles. The van der Waals surface area contributed by atoms with Crippen LogP contribution in [-0.2, 0) is 20.8 Å². The Labute approximate surface area is 148 Å². The van der Waals surface area contributed by atoms with Crippen LogP contribution in [0.4, 0.5) is 0 Å². The second-order valence-electron chi connectivity index (χ2n) is 6.60. The van der Waals surface area contributed by atoms with Crippen LogP contribution < -0.4 is 11.0 Å². The van der Waals surface area contributed by atoms with Crippen molar-refractivity contribution in [3.8, 4) is 0 Å². The van der Waals surface area contributed by atoms with Crippen molar-refractivity contribution < 1.29 is 14.3 Å². The van der Waals surface area contributed by atoms with Crippen LogP contribution in [0.3, 0.4) is 0 Å². The first kappa shape index (κ1) is 19.3. The minimum absolute atomic E-state index is 0.0456. The molecule has 1 amide bonds. The zero-order valence-corrected chi connectivity index (χ0v) is 15.4.